The topological polar surface area (TPSA) is 78.6 Å². The number of carbonyl (C=O) groups excluding carboxylic acids is 1. The van der Waals surface area contributed by atoms with Crippen LogP contribution >= 0.6 is 0 Å². The highest BCUT2D eigenvalue weighted by atomic mass is 16.3. The summed E-state index contributed by atoms with van der Waals surface area (Å²) in [5, 5.41) is 9.00. The molecule has 0 aromatic rings. The number of aliphatic hydroxyl groups is 1. The van der Waals surface area contributed by atoms with E-state index in [1.807, 2.05) is 0 Å². The third-order valence-electron chi connectivity index (χ3n) is 3.25. The van der Waals surface area contributed by atoms with Gasteiger partial charge in [-0.2, -0.15) is 0 Å². The van der Waals surface area contributed by atoms with Crippen LogP contribution in [0.25, 0.3) is 0 Å². The zero-order valence-electron chi connectivity index (χ0n) is 9.82. The van der Waals surface area contributed by atoms with E-state index in [2.05, 4.69) is 10.3 Å². The second-order valence-corrected chi connectivity index (χ2v) is 4.49. The molecule has 5 heteroatoms. The smallest absolute Gasteiger partial charge is 0.233 e. The Morgan fingerprint density at radius 1 is 1.38 bits per heavy atom. The molecule has 1 saturated heterocycles. The van der Waals surface area contributed by atoms with Crippen LogP contribution in [0.1, 0.15) is 32.1 Å². The van der Waals surface area contributed by atoms with Crippen molar-refractivity contribution in [3.8, 4) is 0 Å². The first-order chi connectivity index (χ1) is 7.76. The first kappa shape index (κ1) is 13.4. The van der Waals surface area contributed by atoms with Crippen LogP contribution in [-0.2, 0) is 4.79 Å². The van der Waals surface area contributed by atoms with Crippen LogP contribution in [0.3, 0.4) is 0 Å². The number of nitrogens with one attached hydrogen (secondary N) is 1. The minimum Gasteiger partial charge on any atom is -0.396 e. The SMILES string of the molecule is NNC(=O)CCCCN1CCC(CO)CC1. The van der Waals surface area contributed by atoms with Gasteiger partial charge in [-0.15, -0.1) is 0 Å². The monoisotopic (exact) mass is 229 g/mol. The molecule has 4 N–H and O–H groups in total. The molecule has 0 aromatic carbocycles. The van der Waals surface area contributed by atoms with Crippen molar-refractivity contribution >= 4 is 5.91 Å². The summed E-state index contributed by atoms with van der Waals surface area (Å²) in [6.45, 7) is 3.53. The number of carbonyl (C=O) groups is 1. The molecule has 0 aromatic heterocycles. The molecule has 0 saturated carbocycles. The fourth-order valence-electron chi connectivity index (χ4n) is 2.09. The van der Waals surface area contributed by atoms with E-state index in [4.69, 9.17) is 10.9 Å². The number of unbranched alkanes of at least 4 members (excludes halogenated alkanes) is 1. The highest BCUT2D eigenvalue weighted by Crippen LogP contribution is 2.16. The summed E-state index contributed by atoms with van der Waals surface area (Å²) in [5.41, 5.74) is 2.14. The van der Waals surface area contributed by atoms with Crippen molar-refractivity contribution in [2.45, 2.75) is 32.1 Å². The fraction of sp³-hybridized carbons (Fsp3) is 0.909. The van der Waals surface area contributed by atoms with Crippen LogP contribution in [0, 0.1) is 5.92 Å². The van der Waals surface area contributed by atoms with Gasteiger partial charge in [-0.3, -0.25) is 10.2 Å². The predicted molar refractivity (Wildman–Crippen MR) is 62.4 cm³/mol. The molecule has 1 fully saturated rings. The lowest BCUT2D eigenvalue weighted by Gasteiger charge is -2.30. The Hall–Kier alpha value is -0.650. The van der Waals surface area contributed by atoms with Crippen LogP contribution in [-0.4, -0.2) is 42.2 Å². The van der Waals surface area contributed by atoms with E-state index >= 15 is 0 Å². The maximum absolute atomic E-state index is 10.9. The normalized spacial score (nSPS) is 18.6. The predicted octanol–water partition coefficient (Wildman–Crippen LogP) is -0.149. The number of aliphatic hydroxyl groups excluding tert-OH is 1. The average Bonchev–Trinajstić information content (AvgIpc) is 2.35. The maximum atomic E-state index is 10.9. The number of hydrogen-bond acceptors (Lipinski definition) is 4. The number of likely N-dealkylation sites (tertiary alicyclic amines) is 1. The Balaban J connectivity index is 2.00. The van der Waals surface area contributed by atoms with Crippen LogP contribution in [0.5, 0.6) is 0 Å². The highest BCUT2D eigenvalue weighted by molar-refractivity contribution is 5.75. The van der Waals surface area contributed by atoms with E-state index in [0.29, 0.717) is 18.9 Å². The lowest BCUT2D eigenvalue weighted by molar-refractivity contribution is -0.121. The Kier molecular flexibility index (Phi) is 6.37. The number of nitrogens with two attached hydrogens (primary N) is 1. The molecular formula is C11H23N3O2. The van der Waals surface area contributed by atoms with Crippen molar-refractivity contribution in [2.75, 3.05) is 26.2 Å². The van der Waals surface area contributed by atoms with Crippen LogP contribution in [0.2, 0.25) is 0 Å². The van der Waals surface area contributed by atoms with Crippen LogP contribution in [0.15, 0.2) is 0 Å². The van der Waals surface area contributed by atoms with Gasteiger partial charge in [-0.05, 0) is 51.2 Å². The Morgan fingerprint density at radius 2 is 2.06 bits per heavy atom. The van der Waals surface area contributed by atoms with Crippen molar-refractivity contribution in [1.29, 1.82) is 0 Å². The van der Waals surface area contributed by atoms with Crippen molar-refractivity contribution in [2.24, 2.45) is 11.8 Å². The molecule has 1 aliphatic rings. The number of hydrogen-bond donors (Lipinski definition) is 3. The van der Waals surface area contributed by atoms with Crippen molar-refractivity contribution in [3.63, 3.8) is 0 Å². The molecule has 0 radical (unpaired) electrons. The molecule has 1 heterocycles. The first-order valence-electron chi connectivity index (χ1n) is 6.09. The van der Waals surface area contributed by atoms with Crippen molar-refractivity contribution in [1.82, 2.24) is 10.3 Å². The van der Waals surface area contributed by atoms with Crippen LogP contribution < -0.4 is 11.3 Å². The molecule has 0 bridgehead atoms. The summed E-state index contributed by atoms with van der Waals surface area (Å²) in [5.74, 6) is 5.41. The Morgan fingerprint density at radius 3 is 2.62 bits per heavy atom. The second kappa shape index (κ2) is 7.60. The molecule has 0 unspecified atom stereocenters. The van der Waals surface area contributed by atoms with Gasteiger partial charge in [0.2, 0.25) is 5.91 Å². The summed E-state index contributed by atoms with van der Waals surface area (Å²) in [4.78, 5) is 13.3. The average molecular weight is 229 g/mol. The van der Waals surface area contributed by atoms with Crippen molar-refractivity contribution in [3.05, 3.63) is 0 Å². The number of rotatable bonds is 6. The number of hydrazine groups is 1. The number of nitrogens with zero attached hydrogens (tertiary/aromatic N) is 1. The van der Waals surface area contributed by atoms with Gasteiger partial charge in [0.1, 0.15) is 0 Å². The molecule has 16 heavy (non-hydrogen) atoms. The number of piperidine rings is 1. The van der Waals surface area contributed by atoms with Gasteiger partial charge in [-0.25, -0.2) is 5.84 Å². The maximum Gasteiger partial charge on any atom is 0.233 e. The summed E-state index contributed by atoms with van der Waals surface area (Å²) >= 11 is 0. The number of amides is 1. The zero-order valence-corrected chi connectivity index (χ0v) is 9.82. The van der Waals surface area contributed by atoms with E-state index in [1.54, 1.807) is 0 Å². The largest absolute Gasteiger partial charge is 0.396 e. The summed E-state index contributed by atoms with van der Waals surface area (Å²) in [6.07, 6.45) is 4.64. The molecule has 94 valence electrons. The standard InChI is InChI=1S/C11H23N3O2/c12-13-11(16)3-1-2-6-14-7-4-10(9-15)5-8-14/h10,15H,1-9,12H2,(H,13,16). The molecule has 0 atom stereocenters. The lowest BCUT2D eigenvalue weighted by atomic mass is 9.98. The van der Waals surface area contributed by atoms with Gasteiger partial charge in [0, 0.05) is 13.0 Å². The minimum absolute atomic E-state index is 0.0843. The van der Waals surface area contributed by atoms with E-state index in [0.717, 1.165) is 45.3 Å². The van der Waals surface area contributed by atoms with Gasteiger partial charge in [0.05, 0.1) is 0 Å². The quantitative estimate of drug-likeness (QED) is 0.256. The Bertz CT molecular complexity index is 203. The third-order valence-corrected chi connectivity index (χ3v) is 3.25. The highest BCUT2D eigenvalue weighted by Gasteiger charge is 2.17. The van der Waals surface area contributed by atoms with Gasteiger partial charge >= 0.3 is 0 Å². The van der Waals surface area contributed by atoms with Crippen LogP contribution in [0.4, 0.5) is 0 Å². The first-order valence-corrected chi connectivity index (χ1v) is 6.09. The lowest BCUT2D eigenvalue weighted by Crippen LogP contribution is -2.35. The van der Waals surface area contributed by atoms with E-state index in [9.17, 15) is 4.79 Å². The molecule has 1 aliphatic heterocycles. The zero-order chi connectivity index (χ0) is 11.8. The Labute approximate surface area is 97.0 Å². The van der Waals surface area contributed by atoms with E-state index in [-0.39, 0.29) is 5.91 Å². The molecule has 1 amide bonds. The minimum atomic E-state index is -0.0843. The van der Waals surface area contributed by atoms with Gasteiger partial charge in [-0.1, -0.05) is 0 Å². The third kappa shape index (κ3) is 4.92. The summed E-state index contributed by atoms with van der Waals surface area (Å²) in [7, 11) is 0. The molecule has 0 spiro atoms. The van der Waals surface area contributed by atoms with Gasteiger partial charge in [0.25, 0.3) is 0 Å². The van der Waals surface area contributed by atoms with Gasteiger partial charge < -0.3 is 10.0 Å². The second-order valence-electron chi connectivity index (χ2n) is 4.49. The fourth-order valence-corrected chi connectivity index (χ4v) is 2.09. The molecular weight excluding hydrogens is 206 g/mol. The van der Waals surface area contributed by atoms with E-state index in [1.165, 1.54) is 0 Å². The molecule has 0 aliphatic carbocycles. The summed E-state index contributed by atoms with van der Waals surface area (Å²) < 4.78 is 0. The van der Waals surface area contributed by atoms with E-state index < -0.39 is 0 Å². The molecule has 5 nitrogen and oxygen atoms in total. The molecule has 1 rings (SSSR count). The summed E-state index contributed by atoms with van der Waals surface area (Å²) in [6, 6.07) is 0. The van der Waals surface area contributed by atoms with Gasteiger partial charge in [0.15, 0.2) is 0 Å². The van der Waals surface area contributed by atoms with Crippen molar-refractivity contribution < 1.29 is 9.90 Å².